The highest BCUT2D eigenvalue weighted by Gasteiger charge is 2.19. The van der Waals surface area contributed by atoms with Gasteiger partial charge < -0.3 is 0 Å². The molecule has 3 rings (SSSR count). The fourth-order valence-electron chi connectivity index (χ4n) is 2.34. The molecule has 0 saturated carbocycles. The molecule has 2 aromatic carbocycles. The van der Waals surface area contributed by atoms with E-state index in [9.17, 15) is 4.79 Å². The number of hydrogen-bond donors (Lipinski definition) is 1. The van der Waals surface area contributed by atoms with Crippen molar-refractivity contribution in [1.82, 2.24) is 15.3 Å². The van der Waals surface area contributed by atoms with E-state index in [0.29, 0.717) is 33.7 Å². The van der Waals surface area contributed by atoms with Crippen molar-refractivity contribution in [3.8, 4) is 16.9 Å². The first kappa shape index (κ1) is 17.5. The Morgan fingerprint density at radius 1 is 1.16 bits per heavy atom. The van der Waals surface area contributed by atoms with E-state index in [1.165, 1.54) is 4.68 Å². The summed E-state index contributed by atoms with van der Waals surface area (Å²) in [5.74, 6) is -0.410. The molecule has 0 aliphatic rings. The largest absolute Gasteiger partial charge is 0.293 e. The zero-order valence-electron chi connectivity index (χ0n) is 13.4. The number of rotatable bonds is 5. The minimum atomic E-state index is -0.410. The van der Waals surface area contributed by atoms with Gasteiger partial charge in [0, 0.05) is 10.6 Å². The molecule has 0 unspecified atom stereocenters. The van der Waals surface area contributed by atoms with Gasteiger partial charge in [0.1, 0.15) is 5.69 Å². The number of aromatic nitrogens is 2. The van der Waals surface area contributed by atoms with E-state index in [4.69, 9.17) is 28.0 Å². The molecular weight excluding hydrogens is 361 g/mol. The SMILES string of the molecule is CCONC(=O)c1cc(-c2ccccc2Cl)nn1-c1cccc(Cl)c1. The van der Waals surface area contributed by atoms with E-state index in [-0.39, 0.29) is 0 Å². The first-order valence-corrected chi connectivity index (χ1v) is 8.38. The molecule has 0 atom stereocenters. The summed E-state index contributed by atoms with van der Waals surface area (Å²) in [6.45, 7) is 2.14. The lowest BCUT2D eigenvalue weighted by molar-refractivity contribution is 0.0357. The summed E-state index contributed by atoms with van der Waals surface area (Å²) in [6.07, 6.45) is 0. The highest BCUT2D eigenvalue weighted by molar-refractivity contribution is 6.33. The first-order valence-electron chi connectivity index (χ1n) is 7.63. The maximum atomic E-state index is 12.4. The summed E-state index contributed by atoms with van der Waals surface area (Å²) in [4.78, 5) is 17.5. The summed E-state index contributed by atoms with van der Waals surface area (Å²) in [5.41, 5.74) is 4.67. The van der Waals surface area contributed by atoms with Crippen LogP contribution < -0.4 is 5.48 Å². The van der Waals surface area contributed by atoms with Crippen LogP contribution in [0.15, 0.2) is 54.6 Å². The van der Waals surface area contributed by atoms with Crippen LogP contribution in [-0.4, -0.2) is 22.3 Å². The van der Waals surface area contributed by atoms with Crippen LogP contribution in [-0.2, 0) is 4.84 Å². The molecule has 0 radical (unpaired) electrons. The molecule has 0 aliphatic heterocycles. The van der Waals surface area contributed by atoms with Gasteiger partial charge in [-0.3, -0.25) is 9.63 Å². The molecule has 0 saturated heterocycles. The molecule has 1 amide bonds. The average molecular weight is 376 g/mol. The number of carbonyl (C=O) groups excluding carboxylic acids is 1. The van der Waals surface area contributed by atoms with Gasteiger partial charge in [0.15, 0.2) is 0 Å². The van der Waals surface area contributed by atoms with Gasteiger partial charge in [0.2, 0.25) is 0 Å². The van der Waals surface area contributed by atoms with Crippen molar-refractivity contribution in [3.63, 3.8) is 0 Å². The number of amides is 1. The smallest absolute Gasteiger partial charge is 0.274 e. The number of halogens is 2. The highest BCUT2D eigenvalue weighted by Crippen LogP contribution is 2.28. The Labute approximate surface area is 155 Å². The van der Waals surface area contributed by atoms with Crippen LogP contribution >= 0.6 is 23.2 Å². The Morgan fingerprint density at radius 2 is 1.96 bits per heavy atom. The summed E-state index contributed by atoms with van der Waals surface area (Å²) >= 11 is 12.3. The number of nitrogens with zero attached hydrogens (tertiary/aromatic N) is 2. The zero-order chi connectivity index (χ0) is 17.8. The second-order valence-corrected chi connectivity index (χ2v) is 5.99. The maximum absolute atomic E-state index is 12.4. The monoisotopic (exact) mass is 375 g/mol. The Morgan fingerprint density at radius 3 is 2.68 bits per heavy atom. The molecule has 3 aromatic rings. The number of hydroxylamine groups is 1. The first-order chi connectivity index (χ1) is 12.1. The molecule has 25 heavy (non-hydrogen) atoms. The van der Waals surface area contributed by atoms with Gasteiger partial charge in [-0.2, -0.15) is 5.10 Å². The molecule has 7 heteroatoms. The van der Waals surface area contributed by atoms with Crippen molar-refractivity contribution in [2.24, 2.45) is 0 Å². The van der Waals surface area contributed by atoms with Crippen LogP contribution in [0.2, 0.25) is 10.0 Å². The van der Waals surface area contributed by atoms with Crippen LogP contribution in [0.5, 0.6) is 0 Å². The minimum Gasteiger partial charge on any atom is -0.274 e. The van der Waals surface area contributed by atoms with Crippen molar-refractivity contribution in [1.29, 1.82) is 0 Å². The molecule has 1 heterocycles. The van der Waals surface area contributed by atoms with Gasteiger partial charge in [-0.1, -0.05) is 47.5 Å². The fraction of sp³-hybridized carbons (Fsp3) is 0.111. The van der Waals surface area contributed by atoms with Crippen LogP contribution in [0.3, 0.4) is 0 Å². The Hall–Kier alpha value is -2.34. The van der Waals surface area contributed by atoms with Crippen LogP contribution in [0.1, 0.15) is 17.4 Å². The highest BCUT2D eigenvalue weighted by atomic mass is 35.5. The normalized spacial score (nSPS) is 10.7. The van der Waals surface area contributed by atoms with Crippen LogP contribution in [0.4, 0.5) is 0 Å². The lowest BCUT2D eigenvalue weighted by atomic mass is 10.1. The van der Waals surface area contributed by atoms with Gasteiger partial charge in [-0.25, -0.2) is 10.2 Å². The summed E-state index contributed by atoms with van der Waals surface area (Å²) in [5, 5.41) is 5.63. The molecule has 0 aliphatic carbocycles. The van der Waals surface area contributed by atoms with E-state index in [2.05, 4.69) is 10.6 Å². The predicted octanol–water partition coefficient (Wildman–Crippen LogP) is 4.53. The van der Waals surface area contributed by atoms with Crippen molar-refractivity contribution in [2.45, 2.75) is 6.92 Å². The molecule has 0 fully saturated rings. The molecule has 5 nitrogen and oxygen atoms in total. The topological polar surface area (TPSA) is 56.1 Å². The number of carbonyl (C=O) groups is 1. The number of nitrogens with one attached hydrogen (secondary N) is 1. The quantitative estimate of drug-likeness (QED) is 0.666. The van der Waals surface area contributed by atoms with Crippen molar-refractivity contribution < 1.29 is 9.63 Å². The van der Waals surface area contributed by atoms with Crippen molar-refractivity contribution in [3.05, 3.63) is 70.3 Å². The number of hydrogen-bond acceptors (Lipinski definition) is 3. The third-order valence-electron chi connectivity index (χ3n) is 3.45. The molecular formula is C18H15Cl2N3O2. The predicted molar refractivity (Wildman–Crippen MR) is 98.1 cm³/mol. The summed E-state index contributed by atoms with van der Waals surface area (Å²) in [6, 6.07) is 16.1. The maximum Gasteiger partial charge on any atom is 0.293 e. The third kappa shape index (κ3) is 3.85. The van der Waals surface area contributed by atoms with Gasteiger partial charge in [0.25, 0.3) is 5.91 Å². The zero-order valence-corrected chi connectivity index (χ0v) is 14.9. The van der Waals surface area contributed by atoms with Crippen LogP contribution in [0, 0.1) is 0 Å². The second-order valence-electron chi connectivity index (χ2n) is 5.15. The average Bonchev–Trinajstić information content (AvgIpc) is 3.05. The number of benzene rings is 2. The Kier molecular flexibility index (Phi) is 5.38. The van der Waals surface area contributed by atoms with E-state index < -0.39 is 5.91 Å². The van der Waals surface area contributed by atoms with Crippen molar-refractivity contribution >= 4 is 29.1 Å². The molecule has 0 bridgehead atoms. The lowest BCUT2D eigenvalue weighted by Gasteiger charge is -2.08. The van der Waals surface area contributed by atoms with E-state index in [0.717, 1.165) is 5.56 Å². The third-order valence-corrected chi connectivity index (χ3v) is 4.02. The van der Waals surface area contributed by atoms with Gasteiger partial charge >= 0.3 is 0 Å². The standard InChI is InChI=1S/C18H15Cl2N3O2/c1-2-25-22-18(24)17-11-16(14-8-3-4-9-15(14)20)21-23(17)13-7-5-6-12(19)10-13/h3-11H,2H2,1H3,(H,22,24). The van der Waals surface area contributed by atoms with E-state index in [1.54, 1.807) is 37.3 Å². The lowest BCUT2D eigenvalue weighted by Crippen LogP contribution is -2.26. The Bertz CT molecular complexity index is 909. The molecule has 128 valence electrons. The minimum absolute atomic E-state index is 0.311. The summed E-state index contributed by atoms with van der Waals surface area (Å²) in [7, 11) is 0. The van der Waals surface area contributed by atoms with E-state index in [1.807, 2.05) is 24.3 Å². The summed E-state index contributed by atoms with van der Waals surface area (Å²) < 4.78 is 1.51. The van der Waals surface area contributed by atoms with E-state index >= 15 is 0 Å². The van der Waals surface area contributed by atoms with Gasteiger partial charge in [-0.05, 0) is 37.3 Å². The molecule has 1 aromatic heterocycles. The van der Waals surface area contributed by atoms with Crippen LogP contribution in [0.25, 0.3) is 16.9 Å². The molecule has 1 N–H and O–H groups in total. The van der Waals surface area contributed by atoms with Crippen molar-refractivity contribution in [2.75, 3.05) is 6.61 Å². The fourth-order valence-corrected chi connectivity index (χ4v) is 2.76. The second kappa shape index (κ2) is 7.70. The van der Waals surface area contributed by atoms with Gasteiger partial charge in [0.05, 0.1) is 23.0 Å². The van der Waals surface area contributed by atoms with Gasteiger partial charge in [-0.15, -0.1) is 0 Å². The Balaban J connectivity index is 2.11. The molecule has 0 spiro atoms.